The summed E-state index contributed by atoms with van der Waals surface area (Å²) in [6, 6.07) is 9.38. The van der Waals surface area contributed by atoms with Gasteiger partial charge in [0.1, 0.15) is 5.15 Å². The van der Waals surface area contributed by atoms with Gasteiger partial charge in [-0.1, -0.05) is 23.7 Å². The minimum Gasteiger partial charge on any atom is -0.399 e. The van der Waals surface area contributed by atoms with Crippen LogP contribution in [0.25, 0.3) is 11.3 Å². The van der Waals surface area contributed by atoms with Crippen LogP contribution in [0.5, 0.6) is 0 Å². The lowest BCUT2D eigenvalue weighted by atomic mass is 10.1. The highest BCUT2D eigenvalue weighted by Crippen LogP contribution is 2.22. The van der Waals surface area contributed by atoms with Crippen molar-refractivity contribution in [1.82, 2.24) is 9.78 Å². The Morgan fingerprint density at radius 3 is 2.60 bits per heavy atom. The first kappa shape index (κ1) is 11.9. The molecule has 1 heterocycles. The summed E-state index contributed by atoms with van der Waals surface area (Å²) in [5.74, 6) is 0. The van der Waals surface area contributed by atoms with Crippen LogP contribution in [0.1, 0.15) is 0 Å². The van der Waals surface area contributed by atoms with Crippen molar-refractivity contribution in [2.75, 3.05) is 5.73 Å². The van der Waals surface area contributed by atoms with Gasteiger partial charge in [0.2, 0.25) is 0 Å². The molecule has 80 valence electrons. The summed E-state index contributed by atoms with van der Waals surface area (Å²) in [6.07, 6.45) is 0. The molecule has 0 amide bonds. The molecule has 1 aromatic heterocycles. The number of hydrogen-bond acceptors (Lipinski definition) is 2. The highest BCUT2D eigenvalue weighted by Gasteiger charge is 2.04. The molecule has 3 nitrogen and oxygen atoms in total. The van der Waals surface area contributed by atoms with Crippen molar-refractivity contribution in [3.05, 3.63) is 35.5 Å². The van der Waals surface area contributed by atoms with Crippen LogP contribution in [0.15, 0.2) is 30.3 Å². The number of nitrogens with zero attached hydrogens (tertiary/aromatic N) is 2. The van der Waals surface area contributed by atoms with E-state index in [1.54, 1.807) is 11.7 Å². The zero-order valence-corrected chi connectivity index (χ0v) is 9.72. The number of nitrogen functional groups attached to an aromatic ring is 1. The number of nitrogens with two attached hydrogens (primary N) is 1. The van der Waals surface area contributed by atoms with Gasteiger partial charge in [0.05, 0.1) is 5.69 Å². The third-order valence-corrected chi connectivity index (χ3v) is 2.36. The number of anilines is 1. The van der Waals surface area contributed by atoms with Crippen molar-refractivity contribution in [3.8, 4) is 11.3 Å². The molecule has 0 atom stereocenters. The second-order valence-electron chi connectivity index (χ2n) is 3.10. The quantitative estimate of drug-likeness (QED) is 0.784. The summed E-state index contributed by atoms with van der Waals surface area (Å²) in [7, 11) is 1.80. The lowest BCUT2D eigenvalue weighted by Crippen LogP contribution is -1.90. The van der Waals surface area contributed by atoms with E-state index < -0.39 is 0 Å². The Morgan fingerprint density at radius 2 is 2.07 bits per heavy atom. The molecule has 0 aliphatic heterocycles. The molecular formula is C10H11Cl2N3. The van der Waals surface area contributed by atoms with Crippen molar-refractivity contribution >= 4 is 29.7 Å². The average molecular weight is 244 g/mol. The summed E-state index contributed by atoms with van der Waals surface area (Å²) < 4.78 is 1.63. The van der Waals surface area contributed by atoms with Crippen LogP contribution in [0.4, 0.5) is 5.69 Å². The van der Waals surface area contributed by atoms with E-state index in [1.165, 1.54) is 0 Å². The van der Waals surface area contributed by atoms with Crippen LogP contribution < -0.4 is 5.73 Å². The summed E-state index contributed by atoms with van der Waals surface area (Å²) in [6.45, 7) is 0. The third kappa shape index (κ3) is 2.43. The summed E-state index contributed by atoms with van der Waals surface area (Å²) >= 11 is 5.89. The first-order valence-electron chi connectivity index (χ1n) is 4.22. The summed E-state index contributed by atoms with van der Waals surface area (Å²) in [4.78, 5) is 0. The molecule has 15 heavy (non-hydrogen) atoms. The average Bonchev–Trinajstić information content (AvgIpc) is 2.47. The SMILES string of the molecule is Cl.Cn1nc(-c2cccc(N)c2)cc1Cl. The Kier molecular flexibility index (Phi) is 3.61. The zero-order chi connectivity index (χ0) is 10.1. The largest absolute Gasteiger partial charge is 0.399 e. The third-order valence-electron chi connectivity index (χ3n) is 2.01. The van der Waals surface area contributed by atoms with E-state index in [2.05, 4.69) is 5.10 Å². The first-order valence-corrected chi connectivity index (χ1v) is 4.60. The zero-order valence-electron chi connectivity index (χ0n) is 8.14. The van der Waals surface area contributed by atoms with E-state index in [9.17, 15) is 0 Å². The molecule has 0 bridgehead atoms. The predicted octanol–water partition coefficient (Wildman–Crippen LogP) is 2.74. The molecule has 5 heteroatoms. The van der Waals surface area contributed by atoms with E-state index in [0.717, 1.165) is 16.9 Å². The Bertz CT molecular complexity index is 446. The van der Waals surface area contributed by atoms with Gasteiger partial charge in [-0.2, -0.15) is 5.10 Å². The second kappa shape index (κ2) is 4.55. The predicted molar refractivity (Wildman–Crippen MR) is 65.3 cm³/mol. The van der Waals surface area contributed by atoms with Gasteiger partial charge >= 0.3 is 0 Å². The van der Waals surface area contributed by atoms with Gasteiger partial charge in [0.15, 0.2) is 0 Å². The first-order chi connectivity index (χ1) is 6.66. The maximum Gasteiger partial charge on any atom is 0.127 e. The van der Waals surface area contributed by atoms with Crippen LogP contribution in [0.3, 0.4) is 0 Å². The number of hydrogen-bond donors (Lipinski definition) is 1. The van der Waals surface area contributed by atoms with Crippen LogP contribution in [-0.4, -0.2) is 9.78 Å². The van der Waals surface area contributed by atoms with Crippen LogP contribution in [0, 0.1) is 0 Å². The van der Waals surface area contributed by atoms with E-state index in [0.29, 0.717) is 5.15 Å². The summed E-state index contributed by atoms with van der Waals surface area (Å²) in [5.41, 5.74) is 8.22. The highest BCUT2D eigenvalue weighted by atomic mass is 35.5. The number of aryl methyl sites for hydroxylation is 1. The molecule has 0 aliphatic rings. The number of halogens is 2. The molecule has 0 fully saturated rings. The van der Waals surface area contributed by atoms with Gasteiger partial charge < -0.3 is 5.73 Å². The second-order valence-corrected chi connectivity index (χ2v) is 3.49. The van der Waals surface area contributed by atoms with E-state index in [-0.39, 0.29) is 12.4 Å². The van der Waals surface area contributed by atoms with Crippen LogP contribution >= 0.6 is 24.0 Å². The maximum atomic E-state index is 5.89. The Labute approximate surface area is 99.3 Å². The molecule has 0 saturated carbocycles. The highest BCUT2D eigenvalue weighted by molar-refractivity contribution is 6.29. The van der Waals surface area contributed by atoms with Crippen LogP contribution in [0.2, 0.25) is 5.15 Å². The molecule has 2 N–H and O–H groups in total. The van der Waals surface area contributed by atoms with Crippen molar-refractivity contribution in [1.29, 1.82) is 0 Å². The van der Waals surface area contributed by atoms with Gasteiger partial charge in [0.25, 0.3) is 0 Å². The van der Waals surface area contributed by atoms with Crippen molar-refractivity contribution in [3.63, 3.8) is 0 Å². The molecule has 2 aromatic rings. The monoisotopic (exact) mass is 243 g/mol. The number of aromatic nitrogens is 2. The molecular weight excluding hydrogens is 233 g/mol. The van der Waals surface area contributed by atoms with Crippen molar-refractivity contribution < 1.29 is 0 Å². The Morgan fingerprint density at radius 1 is 1.33 bits per heavy atom. The fraction of sp³-hybridized carbons (Fsp3) is 0.100. The number of benzene rings is 1. The lowest BCUT2D eigenvalue weighted by Gasteiger charge is -1.97. The smallest absolute Gasteiger partial charge is 0.127 e. The maximum absolute atomic E-state index is 5.89. The lowest BCUT2D eigenvalue weighted by molar-refractivity contribution is 0.772. The minimum absolute atomic E-state index is 0. The molecule has 0 radical (unpaired) electrons. The molecule has 2 rings (SSSR count). The topological polar surface area (TPSA) is 43.8 Å². The van der Waals surface area contributed by atoms with Crippen LogP contribution in [-0.2, 0) is 7.05 Å². The Hall–Kier alpha value is -1.19. The normalized spacial score (nSPS) is 9.73. The molecule has 1 aromatic carbocycles. The van der Waals surface area contributed by atoms with Gasteiger partial charge in [-0.15, -0.1) is 12.4 Å². The van der Waals surface area contributed by atoms with Gasteiger partial charge in [-0.3, -0.25) is 4.68 Å². The fourth-order valence-electron chi connectivity index (χ4n) is 1.28. The molecule has 0 aliphatic carbocycles. The summed E-state index contributed by atoms with van der Waals surface area (Å²) in [5, 5.41) is 4.86. The van der Waals surface area contributed by atoms with E-state index >= 15 is 0 Å². The molecule has 0 unspecified atom stereocenters. The van der Waals surface area contributed by atoms with E-state index in [1.807, 2.05) is 30.3 Å². The number of rotatable bonds is 1. The molecule has 0 saturated heterocycles. The minimum atomic E-state index is 0. The van der Waals surface area contributed by atoms with Gasteiger partial charge in [-0.05, 0) is 12.1 Å². The fourth-order valence-corrected chi connectivity index (χ4v) is 1.42. The van der Waals surface area contributed by atoms with Gasteiger partial charge in [-0.25, -0.2) is 0 Å². The van der Waals surface area contributed by atoms with Gasteiger partial charge in [0, 0.05) is 24.4 Å². The standard InChI is InChI=1S/C10H10ClN3.ClH/c1-14-10(11)6-9(13-14)7-3-2-4-8(12)5-7;/h2-6H,12H2,1H3;1H. The Balaban J connectivity index is 0.00000112. The van der Waals surface area contributed by atoms with Crippen molar-refractivity contribution in [2.24, 2.45) is 7.05 Å². The van der Waals surface area contributed by atoms with Crippen molar-refractivity contribution in [2.45, 2.75) is 0 Å². The molecule has 0 spiro atoms. The van der Waals surface area contributed by atoms with E-state index in [4.69, 9.17) is 17.3 Å².